The summed E-state index contributed by atoms with van der Waals surface area (Å²) in [5, 5.41) is 22.6. The fourth-order valence-electron chi connectivity index (χ4n) is 8.09. The molecule has 5 aromatic rings. The van der Waals surface area contributed by atoms with Crippen LogP contribution in [0.2, 0.25) is 5.04 Å². The number of nitrogens with one attached hydrogen (secondary N) is 2. The van der Waals surface area contributed by atoms with Crippen molar-refractivity contribution in [3.8, 4) is 5.75 Å². The summed E-state index contributed by atoms with van der Waals surface area (Å²) in [6, 6.07) is 23.1. The van der Waals surface area contributed by atoms with Crippen molar-refractivity contribution >= 4 is 53.7 Å². The molecular formula is C45H61N9O6Si. The predicted octanol–water partition coefficient (Wildman–Crippen LogP) is 7.51. The third-order valence-electron chi connectivity index (χ3n) is 11.0. The Hall–Kier alpha value is -5.61. The number of fused-ring (bicyclic) bond motifs is 1. The Labute approximate surface area is 360 Å². The Kier molecular flexibility index (Phi) is 14.3. The van der Waals surface area contributed by atoms with E-state index in [1.54, 1.807) is 22.9 Å². The zero-order chi connectivity index (χ0) is 43.8. The van der Waals surface area contributed by atoms with Crippen LogP contribution < -0.4 is 25.7 Å². The Balaban J connectivity index is 1.26. The van der Waals surface area contributed by atoms with Gasteiger partial charge in [-0.05, 0) is 61.9 Å². The van der Waals surface area contributed by atoms with Gasteiger partial charge in [0.15, 0.2) is 5.82 Å². The number of benzene rings is 2. The second-order valence-corrected chi connectivity index (χ2v) is 21.8. The van der Waals surface area contributed by atoms with Crippen molar-refractivity contribution < 1.29 is 28.2 Å². The third-order valence-corrected chi connectivity index (χ3v) is 16.0. The van der Waals surface area contributed by atoms with E-state index in [9.17, 15) is 9.59 Å². The van der Waals surface area contributed by atoms with Gasteiger partial charge in [-0.1, -0.05) is 94.8 Å². The molecule has 2 amide bonds. The molecule has 0 bridgehead atoms. The number of ether oxygens (including phenoxy) is 3. The Morgan fingerprint density at radius 2 is 1.56 bits per heavy atom. The van der Waals surface area contributed by atoms with Gasteiger partial charge >= 0.3 is 12.2 Å². The van der Waals surface area contributed by atoms with E-state index < -0.39 is 20.0 Å². The van der Waals surface area contributed by atoms with E-state index in [1.807, 2.05) is 39.0 Å². The first-order valence-corrected chi connectivity index (χ1v) is 23.0. The predicted molar refractivity (Wildman–Crippen MR) is 239 cm³/mol. The lowest BCUT2D eigenvalue weighted by atomic mass is 9.93. The highest BCUT2D eigenvalue weighted by Gasteiger charge is 2.50. The van der Waals surface area contributed by atoms with E-state index in [0.29, 0.717) is 54.4 Å². The van der Waals surface area contributed by atoms with Crippen molar-refractivity contribution in [1.82, 2.24) is 34.8 Å². The summed E-state index contributed by atoms with van der Waals surface area (Å²) < 4.78 is 25.4. The van der Waals surface area contributed by atoms with Crippen LogP contribution >= 0.6 is 0 Å². The standard InChI is InChI=1S/C45H61N9O6Si/c1-10-17-32(24-27-59-61(45(5,6)7,33-18-13-11-14-19-33)34-20-15-12-16-21-34)47-40-39-36(48-41(49-40)50-42(55)58-9)29-46-54(39)30-37-38(57-8)28-35(51-52-37)31-22-25-53(26-23-31)43(56)60-44(2,3)4/h11-16,18-21,28-29,31-32H,10,17,22-27,30H2,1-9H3,(H2,47,48,49,50,55)/t32-/m0/s1. The largest absolute Gasteiger partial charge is 0.495 e. The molecular weight excluding hydrogens is 791 g/mol. The molecule has 61 heavy (non-hydrogen) atoms. The maximum Gasteiger partial charge on any atom is 0.413 e. The van der Waals surface area contributed by atoms with E-state index in [-0.39, 0.29) is 35.6 Å². The van der Waals surface area contributed by atoms with Gasteiger partial charge in [0, 0.05) is 37.7 Å². The molecule has 2 N–H and O–H groups in total. The maximum atomic E-state index is 12.7. The number of hydrogen-bond donors (Lipinski definition) is 2. The average molecular weight is 852 g/mol. The molecule has 0 radical (unpaired) electrons. The molecule has 0 unspecified atom stereocenters. The summed E-state index contributed by atoms with van der Waals surface area (Å²) in [6.45, 7) is 16.5. The number of methoxy groups -OCH3 is 2. The summed E-state index contributed by atoms with van der Waals surface area (Å²) in [4.78, 5) is 36.2. The van der Waals surface area contributed by atoms with Crippen molar-refractivity contribution in [3.63, 3.8) is 0 Å². The summed E-state index contributed by atoms with van der Waals surface area (Å²) in [7, 11) is 0.143. The van der Waals surface area contributed by atoms with Crippen LogP contribution in [0, 0.1) is 0 Å². The van der Waals surface area contributed by atoms with Gasteiger partial charge in [0.05, 0.1) is 32.7 Å². The number of piperidine rings is 1. The molecule has 1 saturated heterocycles. The van der Waals surface area contributed by atoms with Crippen LogP contribution in [0.1, 0.15) is 97.9 Å². The summed E-state index contributed by atoms with van der Waals surface area (Å²) in [5.74, 6) is 1.27. The number of nitrogens with zero attached hydrogens (tertiary/aromatic N) is 7. The van der Waals surface area contributed by atoms with E-state index in [1.165, 1.54) is 17.5 Å². The molecule has 16 heteroatoms. The molecule has 326 valence electrons. The van der Waals surface area contributed by atoms with Crippen molar-refractivity contribution in [2.75, 3.05) is 44.5 Å². The first-order valence-electron chi connectivity index (χ1n) is 21.1. The van der Waals surface area contributed by atoms with Gasteiger partial charge in [-0.2, -0.15) is 15.2 Å². The van der Waals surface area contributed by atoms with Gasteiger partial charge in [0.2, 0.25) is 5.95 Å². The number of likely N-dealkylation sites (tertiary alicyclic amines) is 1. The van der Waals surface area contributed by atoms with Gasteiger partial charge in [-0.25, -0.2) is 14.6 Å². The van der Waals surface area contributed by atoms with Crippen molar-refractivity contribution in [2.24, 2.45) is 0 Å². The summed E-state index contributed by atoms with van der Waals surface area (Å²) >= 11 is 0. The lowest BCUT2D eigenvalue weighted by Crippen LogP contribution is -2.66. The van der Waals surface area contributed by atoms with Gasteiger partial charge in [0.1, 0.15) is 28.1 Å². The molecule has 3 aromatic heterocycles. The molecule has 0 saturated carbocycles. The molecule has 1 atom stereocenters. The lowest BCUT2D eigenvalue weighted by Gasteiger charge is -2.43. The first kappa shape index (κ1) is 44.9. The van der Waals surface area contributed by atoms with Crippen molar-refractivity contribution in [2.45, 2.75) is 110 Å². The highest BCUT2D eigenvalue weighted by molar-refractivity contribution is 6.99. The second-order valence-electron chi connectivity index (χ2n) is 17.5. The van der Waals surface area contributed by atoms with Crippen LogP contribution in [0.5, 0.6) is 5.75 Å². The van der Waals surface area contributed by atoms with Crippen LogP contribution in [0.3, 0.4) is 0 Å². The number of rotatable bonds is 15. The van der Waals surface area contributed by atoms with Gasteiger partial charge in [-0.15, -0.1) is 5.10 Å². The molecule has 0 spiro atoms. The average Bonchev–Trinajstić information content (AvgIpc) is 3.64. The fraction of sp³-hybridized carbons (Fsp3) is 0.489. The molecule has 0 aliphatic carbocycles. The molecule has 1 aliphatic heterocycles. The van der Waals surface area contributed by atoms with E-state index >= 15 is 0 Å². The fourth-order valence-corrected chi connectivity index (χ4v) is 12.7. The Morgan fingerprint density at radius 3 is 2.13 bits per heavy atom. The van der Waals surface area contributed by atoms with E-state index in [4.69, 9.17) is 28.7 Å². The third kappa shape index (κ3) is 10.6. The lowest BCUT2D eigenvalue weighted by molar-refractivity contribution is 0.0203. The number of carbonyl (C=O) groups is 2. The summed E-state index contributed by atoms with van der Waals surface area (Å²) in [5.41, 5.74) is 1.98. The first-order chi connectivity index (χ1) is 29.1. The van der Waals surface area contributed by atoms with Crippen molar-refractivity contribution in [1.29, 1.82) is 0 Å². The van der Waals surface area contributed by atoms with E-state index in [2.05, 4.69) is 102 Å². The SMILES string of the molecule is CCC[C@@H](CCO[Si](c1ccccc1)(c1ccccc1)C(C)(C)C)Nc1nc(NC(=O)OC)nc2cnn(Cc3nnc(C4CCN(C(=O)OC(C)(C)C)CC4)cc3OC)c12. The van der Waals surface area contributed by atoms with E-state index in [0.717, 1.165) is 31.4 Å². The van der Waals surface area contributed by atoms with Crippen LogP contribution in [0.4, 0.5) is 21.4 Å². The molecule has 1 aliphatic rings. The van der Waals surface area contributed by atoms with Gasteiger partial charge in [0.25, 0.3) is 8.32 Å². The number of amides is 2. The zero-order valence-electron chi connectivity index (χ0n) is 37.0. The molecule has 4 heterocycles. The minimum absolute atomic E-state index is 0.0500. The topological polar surface area (TPSA) is 168 Å². The maximum absolute atomic E-state index is 12.7. The number of hydrogen-bond acceptors (Lipinski definition) is 12. The minimum Gasteiger partial charge on any atom is -0.495 e. The normalized spacial score (nSPS) is 14.4. The molecule has 2 aromatic carbocycles. The summed E-state index contributed by atoms with van der Waals surface area (Å²) in [6.07, 6.45) is 4.56. The second kappa shape index (κ2) is 19.4. The monoisotopic (exact) mass is 851 g/mol. The Morgan fingerprint density at radius 1 is 0.902 bits per heavy atom. The Bertz CT molecular complexity index is 2200. The smallest absolute Gasteiger partial charge is 0.413 e. The van der Waals surface area contributed by atoms with Crippen LogP contribution in [0.25, 0.3) is 11.0 Å². The number of carbonyl (C=O) groups excluding carboxylic acids is 2. The molecule has 15 nitrogen and oxygen atoms in total. The van der Waals surface area contributed by atoms with Crippen LogP contribution in [0.15, 0.2) is 72.9 Å². The quantitative estimate of drug-likeness (QED) is 0.0997. The van der Waals surface area contributed by atoms with Crippen molar-refractivity contribution in [3.05, 3.63) is 84.3 Å². The highest BCUT2D eigenvalue weighted by atomic mass is 28.4. The van der Waals surface area contributed by atoms with Crippen LogP contribution in [-0.4, -0.2) is 101 Å². The highest BCUT2D eigenvalue weighted by Crippen LogP contribution is 2.37. The number of anilines is 2. The molecule has 1 fully saturated rings. The minimum atomic E-state index is -2.76. The van der Waals surface area contributed by atoms with Gasteiger partial charge in [-0.3, -0.25) is 10.00 Å². The zero-order valence-corrected chi connectivity index (χ0v) is 38.0. The van der Waals surface area contributed by atoms with Crippen LogP contribution in [-0.2, 0) is 20.4 Å². The molecule has 6 rings (SSSR count). The van der Waals surface area contributed by atoms with Gasteiger partial charge < -0.3 is 28.9 Å². The number of aromatic nitrogens is 6.